The summed E-state index contributed by atoms with van der Waals surface area (Å²) in [6, 6.07) is 12.4. The lowest BCUT2D eigenvalue weighted by atomic mass is 10.00. The summed E-state index contributed by atoms with van der Waals surface area (Å²) in [5.74, 6) is -0.201. The molecule has 0 aliphatic carbocycles. The number of halogens is 4. The molecule has 0 aliphatic heterocycles. The monoisotopic (exact) mass is 471 g/mol. The van der Waals surface area contributed by atoms with E-state index in [9.17, 15) is 18.0 Å². The fourth-order valence-electron chi connectivity index (χ4n) is 3.32. The first kappa shape index (κ1) is 22.5. The van der Waals surface area contributed by atoms with Crippen molar-refractivity contribution in [3.63, 3.8) is 0 Å². The molecule has 2 heterocycles. The van der Waals surface area contributed by atoms with Crippen LogP contribution in [-0.4, -0.2) is 25.7 Å². The summed E-state index contributed by atoms with van der Waals surface area (Å²) in [5.41, 5.74) is 0.221. The molecule has 10 heteroatoms. The largest absolute Gasteiger partial charge is 0.417 e. The van der Waals surface area contributed by atoms with Crippen molar-refractivity contribution in [3.05, 3.63) is 82.9 Å². The molecule has 0 saturated carbocycles. The SMILES string of the molecule is Cc1ncc(NC(=O)c2cc(-c3ccn(C)n3)c(C(F)(F)F)cc2Cl)c(-c2ccccc2)n1. The molecule has 168 valence electrons. The number of aromatic nitrogens is 4. The number of benzene rings is 2. The molecule has 2 aromatic heterocycles. The number of carbonyl (C=O) groups excluding carboxylic acids is 1. The summed E-state index contributed by atoms with van der Waals surface area (Å²) in [7, 11) is 1.59. The fourth-order valence-corrected chi connectivity index (χ4v) is 3.57. The number of rotatable bonds is 4. The van der Waals surface area contributed by atoms with E-state index in [0.29, 0.717) is 17.2 Å². The lowest BCUT2D eigenvalue weighted by Crippen LogP contribution is -2.16. The van der Waals surface area contributed by atoms with Crippen LogP contribution in [0.4, 0.5) is 18.9 Å². The highest BCUT2D eigenvalue weighted by Crippen LogP contribution is 2.39. The second-order valence-electron chi connectivity index (χ2n) is 7.25. The number of carbonyl (C=O) groups is 1. The van der Waals surface area contributed by atoms with Gasteiger partial charge in [-0.3, -0.25) is 9.48 Å². The summed E-state index contributed by atoms with van der Waals surface area (Å²) < 4.78 is 42.4. The maximum absolute atomic E-state index is 13.7. The molecular weight excluding hydrogens is 455 g/mol. The Balaban J connectivity index is 1.77. The molecule has 4 aromatic rings. The van der Waals surface area contributed by atoms with Crippen molar-refractivity contribution >= 4 is 23.2 Å². The van der Waals surface area contributed by atoms with Gasteiger partial charge >= 0.3 is 6.18 Å². The van der Waals surface area contributed by atoms with Crippen molar-refractivity contribution in [2.24, 2.45) is 7.05 Å². The molecule has 0 bridgehead atoms. The maximum atomic E-state index is 13.7. The van der Waals surface area contributed by atoms with E-state index in [4.69, 9.17) is 11.6 Å². The third-order valence-electron chi connectivity index (χ3n) is 4.85. The number of aryl methyl sites for hydroxylation is 2. The van der Waals surface area contributed by atoms with Crippen LogP contribution in [0.25, 0.3) is 22.5 Å². The second-order valence-corrected chi connectivity index (χ2v) is 7.66. The Morgan fingerprint density at radius 3 is 2.48 bits per heavy atom. The van der Waals surface area contributed by atoms with Gasteiger partial charge in [-0.15, -0.1) is 0 Å². The van der Waals surface area contributed by atoms with E-state index >= 15 is 0 Å². The minimum Gasteiger partial charge on any atom is -0.319 e. The molecule has 0 aliphatic rings. The van der Waals surface area contributed by atoms with Crippen LogP contribution in [0.3, 0.4) is 0 Å². The van der Waals surface area contributed by atoms with E-state index in [1.54, 1.807) is 14.0 Å². The van der Waals surface area contributed by atoms with Crippen molar-refractivity contribution in [2.45, 2.75) is 13.1 Å². The Morgan fingerprint density at radius 2 is 1.85 bits per heavy atom. The standard InChI is InChI=1S/C23H17ClF3N5O/c1-13-28-12-20(21(29-13)14-6-4-3-5-7-14)30-22(33)16-10-15(19-8-9-32(2)31-19)17(11-18(16)24)23(25,26)27/h3-12H,1-2H3,(H,30,33). The van der Waals surface area contributed by atoms with Gasteiger partial charge in [0.05, 0.1) is 39.4 Å². The highest BCUT2D eigenvalue weighted by Gasteiger charge is 2.36. The molecule has 2 aromatic carbocycles. The van der Waals surface area contributed by atoms with E-state index in [0.717, 1.165) is 17.7 Å². The molecule has 1 N–H and O–H groups in total. The number of amides is 1. The molecule has 0 unspecified atom stereocenters. The zero-order chi connectivity index (χ0) is 23.8. The van der Waals surface area contributed by atoms with Gasteiger partial charge in [0.15, 0.2) is 0 Å². The van der Waals surface area contributed by atoms with Crippen LogP contribution < -0.4 is 5.32 Å². The van der Waals surface area contributed by atoms with E-state index in [1.165, 1.54) is 23.1 Å². The van der Waals surface area contributed by atoms with Gasteiger partial charge in [-0.2, -0.15) is 18.3 Å². The normalized spacial score (nSPS) is 11.5. The molecule has 4 rings (SSSR count). The van der Waals surface area contributed by atoms with Gasteiger partial charge in [0.25, 0.3) is 5.91 Å². The molecular formula is C23H17ClF3N5O. The van der Waals surface area contributed by atoms with Gasteiger partial charge in [0.1, 0.15) is 5.82 Å². The van der Waals surface area contributed by atoms with Crippen LogP contribution in [0.2, 0.25) is 5.02 Å². The first-order chi connectivity index (χ1) is 15.6. The summed E-state index contributed by atoms with van der Waals surface area (Å²) >= 11 is 6.13. The first-order valence-electron chi connectivity index (χ1n) is 9.74. The molecule has 6 nitrogen and oxygen atoms in total. The quantitative estimate of drug-likeness (QED) is 0.409. The number of hydrogen-bond donors (Lipinski definition) is 1. The predicted octanol–water partition coefficient (Wildman–Crippen LogP) is 5.78. The summed E-state index contributed by atoms with van der Waals surface area (Å²) in [6.07, 6.45) is -1.73. The molecule has 1 amide bonds. The van der Waals surface area contributed by atoms with Gasteiger partial charge < -0.3 is 5.32 Å². The molecule has 0 radical (unpaired) electrons. The lowest BCUT2D eigenvalue weighted by Gasteiger charge is -2.16. The Kier molecular flexibility index (Phi) is 5.90. The summed E-state index contributed by atoms with van der Waals surface area (Å²) in [6.45, 7) is 1.71. The van der Waals surface area contributed by atoms with Gasteiger partial charge in [-0.1, -0.05) is 41.9 Å². The van der Waals surface area contributed by atoms with Crippen LogP contribution in [0.5, 0.6) is 0 Å². The maximum Gasteiger partial charge on any atom is 0.417 e. The van der Waals surface area contributed by atoms with Crippen molar-refractivity contribution in [2.75, 3.05) is 5.32 Å². The van der Waals surface area contributed by atoms with Crippen LogP contribution in [0.1, 0.15) is 21.7 Å². The molecule has 0 saturated heterocycles. The highest BCUT2D eigenvalue weighted by molar-refractivity contribution is 6.34. The third-order valence-corrected chi connectivity index (χ3v) is 5.16. The summed E-state index contributed by atoms with van der Waals surface area (Å²) in [4.78, 5) is 21.6. The Hall–Kier alpha value is -3.72. The minimum absolute atomic E-state index is 0.0687. The zero-order valence-corrected chi connectivity index (χ0v) is 18.2. The van der Waals surface area contributed by atoms with Crippen LogP contribution in [0, 0.1) is 6.92 Å². The average Bonchev–Trinajstić information content (AvgIpc) is 3.20. The Labute approximate surface area is 192 Å². The van der Waals surface area contributed by atoms with Crippen molar-refractivity contribution in [3.8, 4) is 22.5 Å². The number of hydrogen-bond acceptors (Lipinski definition) is 4. The number of anilines is 1. The Bertz CT molecular complexity index is 1340. The van der Waals surface area contributed by atoms with E-state index < -0.39 is 17.6 Å². The van der Waals surface area contributed by atoms with Crippen molar-refractivity contribution in [1.29, 1.82) is 0 Å². The van der Waals surface area contributed by atoms with E-state index in [2.05, 4.69) is 20.4 Å². The fraction of sp³-hybridized carbons (Fsp3) is 0.130. The topological polar surface area (TPSA) is 72.7 Å². The predicted molar refractivity (Wildman–Crippen MR) is 119 cm³/mol. The molecule has 33 heavy (non-hydrogen) atoms. The number of nitrogens with zero attached hydrogens (tertiary/aromatic N) is 4. The van der Waals surface area contributed by atoms with Crippen molar-refractivity contribution in [1.82, 2.24) is 19.7 Å². The molecule has 0 fully saturated rings. The van der Waals surface area contributed by atoms with Gasteiger partial charge in [0, 0.05) is 24.4 Å². The van der Waals surface area contributed by atoms with E-state index in [-0.39, 0.29) is 21.8 Å². The first-order valence-corrected chi connectivity index (χ1v) is 10.1. The second kappa shape index (κ2) is 8.67. The average molecular weight is 472 g/mol. The minimum atomic E-state index is -4.68. The van der Waals surface area contributed by atoms with Crippen molar-refractivity contribution < 1.29 is 18.0 Å². The third kappa shape index (κ3) is 4.73. The van der Waals surface area contributed by atoms with Gasteiger partial charge in [-0.05, 0) is 25.1 Å². The van der Waals surface area contributed by atoms with E-state index in [1.807, 2.05) is 30.3 Å². The lowest BCUT2D eigenvalue weighted by molar-refractivity contribution is -0.137. The molecule has 0 atom stereocenters. The number of nitrogens with one attached hydrogen (secondary N) is 1. The van der Waals surface area contributed by atoms with Crippen LogP contribution >= 0.6 is 11.6 Å². The Morgan fingerprint density at radius 1 is 1.12 bits per heavy atom. The number of alkyl halides is 3. The van der Waals surface area contributed by atoms with Crippen LogP contribution in [-0.2, 0) is 13.2 Å². The highest BCUT2D eigenvalue weighted by atomic mass is 35.5. The van der Waals surface area contributed by atoms with Gasteiger partial charge in [-0.25, -0.2) is 9.97 Å². The van der Waals surface area contributed by atoms with Gasteiger partial charge in [0.2, 0.25) is 0 Å². The van der Waals surface area contributed by atoms with Crippen LogP contribution in [0.15, 0.2) is 60.9 Å². The molecule has 0 spiro atoms. The zero-order valence-electron chi connectivity index (χ0n) is 17.5. The smallest absolute Gasteiger partial charge is 0.319 e. The summed E-state index contributed by atoms with van der Waals surface area (Å²) in [5, 5.41) is 6.40.